The number of thioether (sulfide) groups is 1. The summed E-state index contributed by atoms with van der Waals surface area (Å²) in [5.41, 5.74) is -0.714. The van der Waals surface area contributed by atoms with E-state index in [1.165, 1.54) is 6.07 Å². The van der Waals surface area contributed by atoms with Gasteiger partial charge in [0.05, 0.1) is 0 Å². The minimum Gasteiger partial charge on any atom is -0.336 e. The van der Waals surface area contributed by atoms with Crippen LogP contribution in [0.5, 0.6) is 0 Å². The summed E-state index contributed by atoms with van der Waals surface area (Å²) in [5.74, 6) is 0.0136. The van der Waals surface area contributed by atoms with Gasteiger partial charge in [-0.2, -0.15) is 11.8 Å². The maximum absolute atomic E-state index is 13.9. The molecule has 1 amide bonds. The molecule has 1 aliphatic heterocycles. The number of hydrogen-bond donors (Lipinski definition) is 2. The average Bonchev–Trinajstić information content (AvgIpc) is 2.79. The Morgan fingerprint density at radius 2 is 2.00 bits per heavy atom. The van der Waals surface area contributed by atoms with Crippen LogP contribution in [0.3, 0.4) is 0 Å². The van der Waals surface area contributed by atoms with Crippen LogP contribution in [0.15, 0.2) is 39.9 Å². The van der Waals surface area contributed by atoms with E-state index in [4.69, 9.17) is 0 Å². The molecule has 1 atom stereocenters. The van der Waals surface area contributed by atoms with Crippen molar-refractivity contribution in [2.24, 2.45) is 0 Å². The van der Waals surface area contributed by atoms with Gasteiger partial charge in [0.2, 0.25) is 0 Å². The number of H-pyrrole nitrogens is 2. The Labute approximate surface area is 141 Å². The van der Waals surface area contributed by atoms with E-state index >= 15 is 0 Å². The van der Waals surface area contributed by atoms with Crippen LogP contribution >= 0.6 is 11.8 Å². The number of aromatic amines is 2. The van der Waals surface area contributed by atoms with Crippen molar-refractivity contribution in [3.05, 3.63) is 68.2 Å². The lowest BCUT2D eigenvalue weighted by atomic mass is 10.1. The largest absolute Gasteiger partial charge is 0.336 e. The molecule has 2 heterocycles. The zero-order valence-electron chi connectivity index (χ0n) is 12.8. The van der Waals surface area contributed by atoms with Crippen LogP contribution < -0.4 is 11.2 Å². The van der Waals surface area contributed by atoms with Crippen LogP contribution in [0.4, 0.5) is 4.39 Å². The van der Waals surface area contributed by atoms with Gasteiger partial charge in [0.1, 0.15) is 11.5 Å². The maximum atomic E-state index is 13.9. The average molecular weight is 349 g/mol. The molecule has 3 rings (SSSR count). The monoisotopic (exact) mass is 349 g/mol. The normalized spacial score (nSPS) is 18.2. The number of halogens is 1. The molecule has 8 heteroatoms. The number of amides is 1. The van der Waals surface area contributed by atoms with Crippen molar-refractivity contribution in [2.45, 2.75) is 11.7 Å². The molecule has 126 valence electrons. The summed E-state index contributed by atoms with van der Waals surface area (Å²) in [6.45, 7) is 0.906. The lowest BCUT2D eigenvalue weighted by molar-refractivity contribution is 0.0760. The first-order valence-electron chi connectivity index (χ1n) is 7.53. The van der Waals surface area contributed by atoms with Crippen molar-refractivity contribution in [3.8, 4) is 0 Å². The topological polar surface area (TPSA) is 86.0 Å². The molecule has 1 aliphatic rings. The minimum atomic E-state index is -0.709. The van der Waals surface area contributed by atoms with Crippen molar-refractivity contribution >= 4 is 17.7 Å². The van der Waals surface area contributed by atoms with Crippen molar-refractivity contribution in [3.63, 3.8) is 0 Å². The molecule has 0 aliphatic carbocycles. The number of benzene rings is 1. The summed E-state index contributed by atoms with van der Waals surface area (Å²) in [4.78, 5) is 41.1. The molecule has 2 N–H and O–H groups in total. The fraction of sp³-hybridized carbons (Fsp3) is 0.312. The van der Waals surface area contributed by atoms with Gasteiger partial charge in [-0.3, -0.25) is 14.6 Å². The highest BCUT2D eigenvalue weighted by molar-refractivity contribution is 7.99. The Kier molecular flexibility index (Phi) is 4.84. The van der Waals surface area contributed by atoms with Gasteiger partial charge in [-0.15, -0.1) is 0 Å². The van der Waals surface area contributed by atoms with E-state index in [1.54, 1.807) is 34.9 Å². The van der Waals surface area contributed by atoms with Gasteiger partial charge < -0.3 is 9.88 Å². The van der Waals surface area contributed by atoms with E-state index in [2.05, 4.69) is 4.98 Å². The predicted octanol–water partition coefficient (Wildman–Crippen LogP) is 1.52. The van der Waals surface area contributed by atoms with E-state index < -0.39 is 17.2 Å². The molecule has 1 fully saturated rings. The quantitative estimate of drug-likeness (QED) is 0.861. The van der Waals surface area contributed by atoms with Crippen molar-refractivity contribution in [1.29, 1.82) is 0 Å². The zero-order valence-corrected chi connectivity index (χ0v) is 13.6. The number of nitrogens with one attached hydrogen (secondary N) is 2. The molecule has 24 heavy (non-hydrogen) atoms. The van der Waals surface area contributed by atoms with Crippen molar-refractivity contribution in [1.82, 2.24) is 14.9 Å². The van der Waals surface area contributed by atoms with Crippen LogP contribution in [0, 0.1) is 5.82 Å². The van der Waals surface area contributed by atoms with E-state index in [0.29, 0.717) is 30.8 Å². The number of rotatable bonds is 2. The Morgan fingerprint density at radius 3 is 2.75 bits per heavy atom. The molecule has 2 aromatic rings. The summed E-state index contributed by atoms with van der Waals surface area (Å²) in [6.07, 6.45) is 0.602. The van der Waals surface area contributed by atoms with Gasteiger partial charge in [0, 0.05) is 35.7 Å². The third kappa shape index (κ3) is 3.59. The second-order valence-corrected chi connectivity index (χ2v) is 6.77. The number of carbonyl (C=O) groups is 1. The molecular weight excluding hydrogens is 333 g/mol. The summed E-state index contributed by atoms with van der Waals surface area (Å²) in [6, 6.07) is 7.73. The predicted molar refractivity (Wildman–Crippen MR) is 89.8 cm³/mol. The van der Waals surface area contributed by atoms with Gasteiger partial charge in [-0.05, 0) is 12.5 Å². The standard InChI is InChI=1S/C16H16FN3O3S/c17-11-4-2-1-3-10(11)13-5-6-20(7-8-24-13)15(22)12-9-14(21)19-16(23)18-12/h1-4,9,13H,5-8H2,(H2,18,19,21,23)/t13-/m0/s1. The molecule has 6 nitrogen and oxygen atoms in total. The second-order valence-electron chi connectivity index (χ2n) is 5.46. The number of carbonyl (C=O) groups excluding carboxylic acids is 1. The van der Waals surface area contributed by atoms with Crippen LogP contribution in [0.2, 0.25) is 0 Å². The van der Waals surface area contributed by atoms with E-state index in [1.807, 2.05) is 4.98 Å². The molecule has 1 aromatic carbocycles. The summed E-state index contributed by atoms with van der Waals surface area (Å²) < 4.78 is 13.9. The lowest BCUT2D eigenvalue weighted by Crippen LogP contribution is -2.36. The first-order chi connectivity index (χ1) is 11.5. The highest BCUT2D eigenvalue weighted by Crippen LogP contribution is 2.35. The Balaban J connectivity index is 1.76. The summed E-state index contributed by atoms with van der Waals surface area (Å²) >= 11 is 1.60. The first kappa shape index (κ1) is 16.5. The van der Waals surface area contributed by atoms with Crippen LogP contribution in [-0.4, -0.2) is 39.6 Å². The van der Waals surface area contributed by atoms with E-state index in [0.717, 1.165) is 6.07 Å². The Morgan fingerprint density at radius 1 is 1.21 bits per heavy atom. The number of aromatic nitrogens is 2. The van der Waals surface area contributed by atoms with Crippen molar-refractivity contribution in [2.75, 3.05) is 18.8 Å². The van der Waals surface area contributed by atoms with Gasteiger partial charge in [0.25, 0.3) is 11.5 Å². The van der Waals surface area contributed by atoms with Gasteiger partial charge in [-0.1, -0.05) is 18.2 Å². The number of hydrogen-bond acceptors (Lipinski definition) is 4. The molecule has 0 saturated carbocycles. The second kappa shape index (κ2) is 7.04. The zero-order chi connectivity index (χ0) is 17.1. The molecule has 0 unspecified atom stereocenters. The van der Waals surface area contributed by atoms with Gasteiger partial charge >= 0.3 is 5.69 Å². The van der Waals surface area contributed by atoms with Crippen molar-refractivity contribution < 1.29 is 9.18 Å². The molecule has 0 bridgehead atoms. The smallest absolute Gasteiger partial charge is 0.326 e. The van der Waals surface area contributed by atoms with Gasteiger partial charge in [0.15, 0.2) is 0 Å². The molecular formula is C16H16FN3O3S. The summed E-state index contributed by atoms with van der Waals surface area (Å²) in [7, 11) is 0. The maximum Gasteiger partial charge on any atom is 0.326 e. The fourth-order valence-corrected chi connectivity index (χ4v) is 3.97. The third-order valence-electron chi connectivity index (χ3n) is 3.87. The fourth-order valence-electron chi connectivity index (χ4n) is 2.71. The highest BCUT2D eigenvalue weighted by Gasteiger charge is 2.25. The SMILES string of the molecule is O=C(c1cc(=O)[nH]c(=O)[nH]1)N1CCS[C@H](c2ccccc2F)CC1. The minimum absolute atomic E-state index is 0.0257. The summed E-state index contributed by atoms with van der Waals surface area (Å²) in [5, 5.41) is -0.0257. The van der Waals surface area contributed by atoms with E-state index in [9.17, 15) is 18.8 Å². The van der Waals surface area contributed by atoms with E-state index in [-0.39, 0.29) is 16.8 Å². The third-order valence-corrected chi connectivity index (χ3v) is 5.18. The van der Waals surface area contributed by atoms with Crippen LogP contribution in [0.25, 0.3) is 0 Å². The molecule has 1 aromatic heterocycles. The van der Waals surface area contributed by atoms with Gasteiger partial charge in [-0.25, -0.2) is 9.18 Å². The molecule has 0 spiro atoms. The lowest BCUT2D eigenvalue weighted by Gasteiger charge is -2.20. The van der Waals surface area contributed by atoms with Crippen LogP contribution in [0.1, 0.15) is 27.7 Å². The molecule has 0 radical (unpaired) electrons. The Bertz CT molecular complexity index is 836. The van der Waals surface area contributed by atoms with Crippen LogP contribution in [-0.2, 0) is 0 Å². The first-order valence-corrected chi connectivity index (χ1v) is 8.58. The highest BCUT2D eigenvalue weighted by atomic mass is 32.2. The Hall–Kier alpha value is -2.35. The number of nitrogens with zero attached hydrogens (tertiary/aromatic N) is 1. The molecule has 1 saturated heterocycles.